The van der Waals surface area contributed by atoms with Crippen LogP contribution in [0.2, 0.25) is 0 Å². The number of carbonyl (C=O) groups excluding carboxylic acids is 2. The van der Waals surface area contributed by atoms with E-state index in [1.54, 1.807) is 6.07 Å². The minimum absolute atomic E-state index is 0.00935. The Kier molecular flexibility index (Phi) is 3.61. The fourth-order valence-electron chi connectivity index (χ4n) is 1.62. The quantitative estimate of drug-likeness (QED) is 0.822. The van der Waals surface area contributed by atoms with Gasteiger partial charge in [-0.25, -0.2) is 9.78 Å². The number of aromatic amines is 1. The molecule has 0 unspecified atom stereocenters. The number of aryl methyl sites for hydroxylation is 1. The van der Waals surface area contributed by atoms with Gasteiger partial charge in [0, 0.05) is 5.69 Å². The Hall–Kier alpha value is -2.63. The zero-order valence-electron chi connectivity index (χ0n) is 10.6. The highest BCUT2D eigenvalue weighted by Crippen LogP contribution is 2.15. The molecule has 0 saturated heterocycles. The second-order valence-electron chi connectivity index (χ2n) is 3.89. The van der Waals surface area contributed by atoms with Crippen LogP contribution >= 0.6 is 0 Å². The molecule has 1 aromatic heterocycles. The van der Waals surface area contributed by atoms with Crippen molar-refractivity contribution in [1.29, 1.82) is 0 Å². The summed E-state index contributed by atoms with van der Waals surface area (Å²) in [7, 11) is 1.24. The van der Waals surface area contributed by atoms with Crippen LogP contribution in [0.5, 0.6) is 0 Å². The number of nitrogens with one attached hydrogen (secondary N) is 2. The van der Waals surface area contributed by atoms with Crippen LogP contribution in [0.1, 0.15) is 26.5 Å². The average Bonchev–Trinajstić information content (AvgIpc) is 2.90. The van der Waals surface area contributed by atoms with Crippen molar-refractivity contribution in [3.63, 3.8) is 0 Å². The Bertz CT molecular complexity index is 619. The number of benzene rings is 1. The van der Waals surface area contributed by atoms with Crippen molar-refractivity contribution in [3.05, 3.63) is 47.5 Å². The summed E-state index contributed by atoms with van der Waals surface area (Å²) in [6, 6.07) is 7.34. The van der Waals surface area contributed by atoms with Gasteiger partial charge in [0.1, 0.15) is 0 Å². The maximum Gasteiger partial charge on any atom is 0.356 e. The normalized spacial score (nSPS) is 10.0. The fraction of sp³-hybridized carbons (Fsp3) is 0.154. The van der Waals surface area contributed by atoms with Gasteiger partial charge in [0.2, 0.25) is 0 Å². The van der Waals surface area contributed by atoms with Crippen molar-refractivity contribution < 1.29 is 14.3 Å². The first kappa shape index (κ1) is 12.8. The van der Waals surface area contributed by atoms with Crippen LogP contribution in [0.15, 0.2) is 30.6 Å². The zero-order chi connectivity index (χ0) is 13.8. The smallest absolute Gasteiger partial charge is 0.356 e. The van der Waals surface area contributed by atoms with E-state index in [9.17, 15) is 9.59 Å². The van der Waals surface area contributed by atoms with Crippen LogP contribution < -0.4 is 5.32 Å². The highest BCUT2D eigenvalue weighted by molar-refractivity contribution is 6.09. The van der Waals surface area contributed by atoms with Gasteiger partial charge in [-0.3, -0.25) is 4.79 Å². The number of anilines is 1. The summed E-state index contributed by atoms with van der Waals surface area (Å²) in [5.74, 6) is -1.09. The van der Waals surface area contributed by atoms with E-state index in [-0.39, 0.29) is 11.4 Å². The van der Waals surface area contributed by atoms with E-state index in [1.165, 1.54) is 13.4 Å². The zero-order valence-corrected chi connectivity index (χ0v) is 10.6. The van der Waals surface area contributed by atoms with E-state index < -0.39 is 11.9 Å². The molecule has 0 saturated carbocycles. The molecule has 0 aliphatic rings. The fourth-order valence-corrected chi connectivity index (χ4v) is 1.62. The molecule has 2 rings (SSSR count). The number of amides is 1. The number of methoxy groups -OCH3 is 1. The van der Waals surface area contributed by atoms with Gasteiger partial charge < -0.3 is 15.0 Å². The maximum atomic E-state index is 12.1. The lowest BCUT2D eigenvalue weighted by Gasteiger charge is -2.07. The third-order valence-corrected chi connectivity index (χ3v) is 2.64. The van der Waals surface area contributed by atoms with Crippen molar-refractivity contribution in [1.82, 2.24) is 9.97 Å². The van der Waals surface area contributed by atoms with Gasteiger partial charge in [-0.15, -0.1) is 0 Å². The lowest BCUT2D eigenvalue weighted by atomic mass is 10.2. The van der Waals surface area contributed by atoms with Crippen molar-refractivity contribution in [2.75, 3.05) is 12.4 Å². The largest absolute Gasteiger partial charge is 0.464 e. The van der Waals surface area contributed by atoms with Crippen LogP contribution in [-0.2, 0) is 4.74 Å². The van der Waals surface area contributed by atoms with Gasteiger partial charge in [0.25, 0.3) is 5.91 Å². The monoisotopic (exact) mass is 259 g/mol. The number of carbonyl (C=O) groups is 2. The number of ether oxygens (including phenoxy) is 1. The molecule has 0 aliphatic heterocycles. The first-order valence-electron chi connectivity index (χ1n) is 5.62. The molecule has 1 heterocycles. The molecule has 98 valence electrons. The summed E-state index contributed by atoms with van der Waals surface area (Å²) in [4.78, 5) is 29.9. The van der Waals surface area contributed by atoms with Gasteiger partial charge >= 0.3 is 5.97 Å². The second kappa shape index (κ2) is 5.34. The molecular weight excluding hydrogens is 246 g/mol. The van der Waals surface area contributed by atoms with Crippen LogP contribution in [-0.4, -0.2) is 29.0 Å². The van der Waals surface area contributed by atoms with Crippen LogP contribution in [0.25, 0.3) is 0 Å². The van der Waals surface area contributed by atoms with Crippen molar-refractivity contribution in [3.8, 4) is 0 Å². The average molecular weight is 259 g/mol. The van der Waals surface area contributed by atoms with E-state index >= 15 is 0 Å². The Labute approximate surface area is 109 Å². The lowest BCUT2D eigenvalue weighted by Crippen LogP contribution is -2.17. The highest BCUT2D eigenvalue weighted by atomic mass is 16.5. The lowest BCUT2D eigenvalue weighted by molar-refractivity contribution is 0.0591. The van der Waals surface area contributed by atoms with E-state index in [0.717, 1.165) is 5.56 Å². The molecule has 2 aromatic rings. The molecular formula is C13H13N3O3. The number of rotatable bonds is 3. The number of hydrogen-bond donors (Lipinski definition) is 2. The predicted octanol–water partition coefficient (Wildman–Crippen LogP) is 1.76. The molecule has 0 fully saturated rings. The van der Waals surface area contributed by atoms with Gasteiger partial charge in [0.05, 0.1) is 13.4 Å². The summed E-state index contributed by atoms with van der Waals surface area (Å²) in [6.45, 7) is 1.88. The van der Waals surface area contributed by atoms with Crippen LogP contribution in [0.3, 0.4) is 0 Å². The van der Waals surface area contributed by atoms with Gasteiger partial charge in [-0.05, 0) is 18.6 Å². The molecule has 6 heteroatoms. The SMILES string of the molecule is COC(=O)c1[nH]cnc1C(=O)Nc1ccccc1C. The van der Waals surface area contributed by atoms with E-state index in [4.69, 9.17) is 0 Å². The van der Waals surface area contributed by atoms with E-state index in [2.05, 4.69) is 20.0 Å². The topological polar surface area (TPSA) is 84.1 Å². The molecule has 1 aromatic carbocycles. The summed E-state index contributed by atoms with van der Waals surface area (Å²) in [6.07, 6.45) is 1.28. The molecule has 0 radical (unpaired) electrons. The standard InChI is InChI=1S/C13H13N3O3/c1-8-5-3-4-6-9(8)16-12(17)10-11(13(18)19-2)15-7-14-10/h3-7H,1-2H3,(H,14,15)(H,16,17). The molecule has 2 N–H and O–H groups in total. The highest BCUT2D eigenvalue weighted by Gasteiger charge is 2.21. The molecule has 0 bridgehead atoms. The van der Waals surface area contributed by atoms with Gasteiger partial charge in [-0.1, -0.05) is 18.2 Å². The summed E-state index contributed by atoms with van der Waals surface area (Å²) >= 11 is 0. The Morgan fingerprint density at radius 1 is 1.32 bits per heavy atom. The van der Waals surface area contributed by atoms with Gasteiger partial charge in [-0.2, -0.15) is 0 Å². The molecule has 19 heavy (non-hydrogen) atoms. The second-order valence-corrected chi connectivity index (χ2v) is 3.89. The number of nitrogens with zero attached hydrogens (tertiary/aromatic N) is 1. The maximum absolute atomic E-state index is 12.1. The summed E-state index contributed by atoms with van der Waals surface area (Å²) in [5, 5.41) is 2.70. The molecule has 0 aliphatic carbocycles. The summed E-state index contributed by atoms with van der Waals surface area (Å²) in [5.41, 5.74) is 1.64. The number of para-hydroxylation sites is 1. The minimum atomic E-state index is -0.632. The first-order valence-corrected chi connectivity index (χ1v) is 5.62. The van der Waals surface area contributed by atoms with Crippen molar-refractivity contribution >= 4 is 17.6 Å². The number of imidazole rings is 1. The van der Waals surface area contributed by atoms with Gasteiger partial charge in [0.15, 0.2) is 11.4 Å². The molecule has 6 nitrogen and oxygen atoms in total. The minimum Gasteiger partial charge on any atom is -0.464 e. The number of aromatic nitrogens is 2. The number of H-pyrrole nitrogens is 1. The molecule has 0 atom stereocenters. The summed E-state index contributed by atoms with van der Waals surface area (Å²) < 4.78 is 4.57. The molecule has 0 spiro atoms. The Morgan fingerprint density at radius 2 is 2.05 bits per heavy atom. The third-order valence-electron chi connectivity index (χ3n) is 2.64. The van der Waals surface area contributed by atoms with Crippen LogP contribution in [0.4, 0.5) is 5.69 Å². The number of esters is 1. The third kappa shape index (κ3) is 2.62. The Balaban J connectivity index is 2.24. The first-order chi connectivity index (χ1) is 9.13. The Morgan fingerprint density at radius 3 is 2.74 bits per heavy atom. The van der Waals surface area contributed by atoms with Crippen LogP contribution in [0, 0.1) is 6.92 Å². The molecule has 1 amide bonds. The number of hydrogen-bond acceptors (Lipinski definition) is 4. The van der Waals surface area contributed by atoms with E-state index in [1.807, 2.05) is 25.1 Å². The predicted molar refractivity (Wildman–Crippen MR) is 69.1 cm³/mol. The van der Waals surface area contributed by atoms with E-state index in [0.29, 0.717) is 5.69 Å². The van der Waals surface area contributed by atoms with Crippen molar-refractivity contribution in [2.45, 2.75) is 6.92 Å². The van der Waals surface area contributed by atoms with Crippen molar-refractivity contribution in [2.24, 2.45) is 0 Å².